The molecular weight excluding hydrogens is 348 g/mol. The maximum absolute atomic E-state index is 12.3. The summed E-state index contributed by atoms with van der Waals surface area (Å²) in [6.45, 7) is 7.68. The molecule has 0 amide bonds. The van der Waals surface area contributed by atoms with Crippen LogP contribution in [-0.4, -0.2) is 24.2 Å². The summed E-state index contributed by atoms with van der Waals surface area (Å²) in [6.07, 6.45) is 9.72. The first-order chi connectivity index (χ1) is 9.66. The van der Waals surface area contributed by atoms with Gasteiger partial charge < -0.3 is 0 Å². The van der Waals surface area contributed by atoms with Crippen LogP contribution in [0.3, 0.4) is 0 Å². The quantitative estimate of drug-likeness (QED) is 0.557. The second-order valence-corrected chi connectivity index (χ2v) is 11.3. The number of halogens is 1. The monoisotopic (exact) mass is 380 g/mol. The van der Waals surface area contributed by atoms with Gasteiger partial charge in [-0.1, -0.05) is 42.1 Å². The molecule has 0 bridgehead atoms. The Morgan fingerprint density at radius 1 is 1.19 bits per heavy atom. The molecule has 0 radical (unpaired) electrons. The summed E-state index contributed by atoms with van der Waals surface area (Å²) in [7, 11) is -2.99. The zero-order chi connectivity index (χ0) is 16.1. The van der Waals surface area contributed by atoms with Gasteiger partial charge in [0.25, 0.3) is 0 Å². The third-order valence-electron chi connectivity index (χ3n) is 5.25. The Morgan fingerprint density at radius 3 is 2.19 bits per heavy atom. The maximum Gasteiger partial charge on any atom is 0.155 e. The summed E-state index contributed by atoms with van der Waals surface area (Å²) in [5, 5.41) is 0.945. The lowest BCUT2D eigenvalue weighted by atomic mass is 9.69. The van der Waals surface area contributed by atoms with Crippen molar-refractivity contribution in [3.05, 3.63) is 0 Å². The van der Waals surface area contributed by atoms with E-state index < -0.39 is 14.6 Å². The molecule has 126 valence electrons. The second kappa shape index (κ2) is 7.81. The SMILES string of the molecule is CCCCC1CCC(CBr)(CCS(=O)(=O)C(C)(C)C)CC1. The Bertz CT molecular complexity index is 401. The lowest BCUT2D eigenvalue weighted by Gasteiger charge is -2.39. The van der Waals surface area contributed by atoms with Gasteiger partial charge >= 0.3 is 0 Å². The van der Waals surface area contributed by atoms with Crippen molar-refractivity contribution in [1.82, 2.24) is 0 Å². The molecule has 1 aliphatic rings. The molecule has 21 heavy (non-hydrogen) atoms. The third-order valence-corrected chi connectivity index (χ3v) is 9.05. The van der Waals surface area contributed by atoms with E-state index in [4.69, 9.17) is 0 Å². The molecular formula is C17H33BrO2S. The van der Waals surface area contributed by atoms with Gasteiger partial charge in [-0.2, -0.15) is 0 Å². The normalized spacial score (nSPS) is 27.8. The van der Waals surface area contributed by atoms with E-state index in [-0.39, 0.29) is 5.41 Å². The molecule has 0 aromatic carbocycles. The Kier molecular flexibility index (Phi) is 7.24. The molecule has 0 unspecified atom stereocenters. The van der Waals surface area contributed by atoms with Gasteiger partial charge in [0.2, 0.25) is 0 Å². The zero-order valence-corrected chi connectivity index (χ0v) is 16.7. The van der Waals surface area contributed by atoms with Crippen LogP contribution in [-0.2, 0) is 9.84 Å². The number of hydrogen-bond acceptors (Lipinski definition) is 2. The summed E-state index contributed by atoms with van der Waals surface area (Å²) in [4.78, 5) is 0. The van der Waals surface area contributed by atoms with Gasteiger partial charge in [0.1, 0.15) is 0 Å². The molecule has 4 heteroatoms. The van der Waals surface area contributed by atoms with Crippen molar-refractivity contribution in [2.45, 2.75) is 83.8 Å². The smallest absolute Gasteiger partial charge is 0.155 e. The van der Waals surface area contributed by atoms with Gasteiger partial charge in [0, 0.05) is 5.33 Å². The third kappa shape index (κ3) is 5.53. The number of sulfone groups is 1. The number of rotatable bonds is 7. The van der Waals surface area contributed by atoms with Crippen molar-refractivity contribution >= 4 is 25.8 Å². The molecule has 0 aromatic heterocycles. The van der Waals surface area contributed by atoms with Crippen LogP contribution in [0, 0.1) is 11.3 Å². The summed E-state index contributed by atoms with van der Waals surface area (Å²) >= 11 is 3.66. The van der Waals surface area contributed by atoms with Crippen LogP contribution in [0.5, 0.6) is 0 Å². The van der Waals surface area contributed by atoms with Gasteiger partial charge in [-0.25, -0.2) is 8.42 Å². The van der Waals surface area contributed by atoms with E-state index in [0.717, 1.165) is 17.7 Å². The predicted molar refractivity (Wildman–Crippen MR) is 95.9 cm³/mol. The molecule has 0 atom stereocenters. The molecule has 1 aliphatic carbocycles. The Balaban J connectivity index is 2.56. The molecule has 0 aromatic rings. The molecule has 0 N–H and O–H groups in total. The first-order valence-electron chi connectivity index (χ1n) is 8.44. The zero-order valence-electron chi connectivity index (χ0n) is 14.3. The van der Waals surface area contributed by atoms with Gasteiger partial charge in [-0.05, 0) is 64.2 Å². The first-order valence-corrected chi connectivity index (χ1v) is 11.2. The summed E-state index contributed by atoms with van der Waals surface area (Å²) in [5.74, 6) is 1.21. The summed E-state index contributed by atoms with van der Waals surface area (Å²) < 4.78 is 24.1. The van der Waals surface area contributed by atoms with Crippen LogP contribution in [0.25, 0.3) is 0 Å². The van der Waals surface area contributed by atoms with Gasteiger partial charge in [0.15, 0.2) is 9.84 Å². The minimum Gasteiger partial charge on any atom is -0.228 e. The van der Waals surface area contributed by atoms with Crippen molar-refractivity contribution in [1.29, 1.82) is 0 Å². The maximum atomic E-state index is 12.3. The van der Waals surface area contributed by atoms with Crippen LogP contribution in [0.2, 0.25) is 0 Å². The molecule has 0 heterocycles. The van der Waals surface area contributed by atoms with Crippen LogP contribution in [0.4, 0.5) is 0 Å². The Hall–Kier alpha value is 0.430. The van der Waals surface area contributed by atoms with Crippen molar-refractivity contribution < 1.29 is 8.42 Å². The Labute approximate surface area is 140 Å². The van der Waals surface area contributed by atoms with Gasteiger partial charge in [0.05, 0.1) is 10.5 Å². The van der Waals surface area contributed by atoms with Crippen LogP contribution < -0.4 is 0 Å². The van der Waals surface area contributed by atoms with Crippen LogP contribution in [0.15, 0.2) is 0 Å². The molecule has 1 saturated carbocycles. The Morgan fingerprint density at radius 2 is 1.76 bits per heavy atom. The lowest BCUT2D eigenvalue weighted by Crippen LogP contribution is -2.36. The first kappa shape index (κ1) is 19.5. The summed E-state index contributed by atoms with van der Waals surface area (Å²) in [6, 6.07) is 0. The van der Waals surface area contributed by atoms with E-state index in [1.54, 1.807) is 0 Å². The average molecular weight is 381 g/mol. The van der Waals surface area contributed by atoms with Crippen molar-refractivity contribution in [3.8, 4) is 0 Å². The highest BCUT2D eigenvalue weighted by molar-refractivity contribution is 9.09. The fraction of sp³-hybridized carbons (Fsp3) is 1.00. The fourth-order valence-electron chi connectivity index (χ4n) is 3.18. The predicted octanol–water partition coefficient (Wildman–Crippen LogP) is 5.35. The molecule has 1 fully saturated rings. The molecule has 1 rings (SSSR count). The average Bonchev–Trinajstić information content (AvgIpc) is 2.43. The minimum atomic E-state index is -2.99. The van der Waals surface area contributed by atoms with E-state index >= 15 is 0 Å². The van der Waals surface area contributed by atoms with E-state index in [9.17, 15) is 8.42 Å². The standard InChI is InChI=1S/C17H33BrO2S/c1-5-6-7-15-8-10-17(14-18,11-9-15)12-13-21(19,20)16(2,3)4/h15H,5-14H2,1-4H3. The van der Waals surface area contributed by atoms with Crippen LogP contribution in [0.1, 0.15) is 79.1 Å². The summed E-state index contributed by atoms with van der Waals surface area (Å²) in [5.41, 5.74) is 0.209. The van der Waals surface area contributed by atoms with E-state index in [1.165, 1.54) is 44.9 Å². The number of alkyl halides is 1. The van der Waals surface area contributed by atoms with Crippen molar-refractivity contribution in [2.24, 2.45) is 11.3 Å². The second-order valence-electron chi connectivity index (χ2n) is 7.90. The molecule has 0 spiro atoms. The molecule has 0 saturated heterocycles. The number of hydrogen-bond donors (Lipinski definition) is 0. The largest absolute Gasteiger partial charge is 0.228 e. The molecule has 0 aliphatic heterocycles. The van der Waals surface area contributed by atoms with E-state index in [2.05, 4.69) is 22.9 Å². The van der Waals surface area contributed by atoms with Gasteiger partial charge in [-0.3, -0.25) is 0 Å². The molecule has 2 nitrogen and oxygen atoms in total. The fourth-order valence-corrected chi connectivity index (χ4v) is 5.33. The van der Waals surface area contributed by atoms with Gasteiger partial charge in [-0.15, -0.1) is 0 Å². The highest BCUT2D eigenvalue weighted by Gasteiger charge is 2.37. The van der Waals surface area contributed by atoms with Crippen molar-refractivity contribution in [3.63, 3.8) is 0 Å². The van der Waals surface area contributed by atoms with Crippen LogP contribution >= 0.6 is 15.9 Å². The van der Waals surface area contributed by atoms with Crippen molar-refractivity contribution in [2.75, 3.05) is 11.1 Å². The topological polar surface area (TPSA) is 34.1 Å². The lowest BCUT2D eigenvalue weighted by molar-refractivity contribution is 0.164. The number of unbranched alkanes of at least 4 members (excludes halogenated alkanes) is 1. The highest BCUT2D eigenvalue weighted by Crippen LogP contribution is 2.44. The highest BCUT2D eigenvalue weighted by atomic mass is 79.9. The minimum absolute atomic E-state index is 0.209. The van der Waals surface area contributed by atoms with E-state index in [0.29, 0.717) is 5.75 Å². The van der Waals surface area contributed by atoms with E-state index in [1.807, 2.05) is 20.8 Å².